The summed E-state index contributed by atoms with van der Waals surface area (Å²) in [6, 6.07) is 14.0. The van der Waals surface area contributed by atoms with Crippen LogP contribution in [0.3, 0.4) is 0 Å². The normalized spacial score (nSPS) is 14.9. The molecular weight excluding hydrogens is 498 g/mol. The van der Waals surface area contributed by atoms with Gasteiger partial charge in [-0.15, -0.1) is 0 Å². The summed E-state index contributed by atoms with van der Waals surface area (Å²) < 4.78 is 26.2. The zero-order valence-electron chi connectivity index (χ0n) is 21.2. The molecule has 1 N–H and O–H groups in total. The average molecular weight is 534 g/mol. The zero-order valence-corrected chi connectivity index (χ0v) is 22.8. The molecule has 0 saturated heterocycles. The predicted octanol–water partition coefficient (Wildman–Crippen LogP) is 4.67. The van der Waals surface area contributed by atoms with Gasteiger partial charge >= 0.3 is 0 Å². The summed E-state index contributed by atoms with van der Waals surface area (Å²) in [5, 5.41) is 3.61. The molecule has 196 valence electrons. The van der Waals surface area contributed by atoms with E-state index in [4.69, 9.17) is 11.6 Å². The Morgan fingerprint density at radius 2 is 1.72 bits per heavy atom. The number of benzene rings is 2. The predicted molar refractivity (Wildman–Crippen MR) is 144 cm³/mol. The molecule has 3 rings (SSSR count). The first kappa shape index (κ1) is 28.0. The second-order valence-corrected chi connectivity index (χ2v) is 11.9. The fourth-order valence-corrected chi connectivity index (χ4v) is 5.66. The van der Waals surface area contributed by atoms with Crippen molar-refractivity contribution in [2.75, 3.05) is 17.1 Å². The lowest BCUT2D eigenvalue weighted by Gasteiger charge is -2.30. The van der Waals surface area contributed by atoms with Crippen molar-refractivity contribution in [2.45, 2.75) is 71.0 Å². The second kappa shape index (κ2) is 12.6. The molecule has 1 atom stereocenters. The Morgan fingerprint density at radius 1 is 1.08 bits per heavy atom. The first-order chi connectivity index (χ1) is 17.1. The standard InChI is InChI=1S/C27H36ClN3O4S/c1-20-14-16-24(17-15-20)31(36(3,34)35)18-8-13-26(32)30(19-22-9-4-7-12-25(22)28)21(2)27(33)29-23-10-5-6-11-23/h4,7,9,12,14-17,21,23H,5-6,8,10-11,13,18-19H2,1-3H3,(H,29,33)/t21-/m1/s1. The number of sulfonamides is 1. The number of amides is 2. The molecule has 9 heteroatoms. The highest BCUT2D eigenvalue weighted by atomic mass is 35.5. The van der Waals surface area contributed by atoms with Crippen LogP contribution in [-0.2, 0) is 26.2 Å². The minimum Gasteiger partial charge on any atom is -0.352 e. The number of hydrogen-bond acceptors (Lipinski definition) is 4. The van der Waals surface area contributed by atoms with E-state index < -0.39 is 16.1 Å². The van der Waals surface area contributed by atoms with Gasteiger partial charge in [0, 0.05) is 30.6 Å². The van der Waals surface area contributed by atoms with Gasteiger partial charge in [0.2, 0.25) is 21.8 Å². The lowest BCUT2D eigenvalue weighted by atomic mass is 10.1. The maximum absolute atomic E-state index is 13.4. The third kappa shape index (κ3) is 7.71. The van der Waals surface area contributed by atoms with E-state index in [0.717, 1.165) is 43.1 Å². The van der Waals surface area contributed by atoms with E-state index in [9.17, 15) is 18.0 Å². The summed E-state index contributed by atoms with van der Waals surface area (Å²) >= 11 is 6.36. The molecule has 7 nitrogen and oxygen atoms in total. The van der Waals surface area contributed by atoms with Gasteiger partial charge in [-0.1, -0.05) is 60.3 Å². The molecule has 0 aromatic heterocycles. The molecule has 0 bridgehead atoms. The zero-order chi connectivity index (χ0) is 26.3. The molecule has 2 aromatic rings. The Hall–Kier alpha value is -2.58. The molecule has 1 fully saturated rings. The van der Waals surface area contributed by atoms with Crippen molar-refractivity contribution in [3.05, 3.63) is 64.7 Å². The van der Waals surface area contributed by atoms with Crippen molar-refractivity contribution >= 4 is 39.1 Å². The Labute approximate surface area is 219 Å². The summed E-state index contributed by atoms with van der Waals surface area (Å²) in [6.07, 6.45) is 5.68. The van der Waals surface area contributed by atoms with Crippen LogP contribution in [0.2, 0.25) is 5.02 Å². The number of carbonyl (C=O) groups excluding carboxylic acids is 2. The molecule has 0 spiro atoms. The van der Waals surface area contributed by atoms with Crippen LogP contribution in [-0.4, -0.2) is 50.0 Å². The molecule has 1 saturated carbocycles. The number of rotatable bonds is 11. The molecule has 36 heavy (non-hydrogen) atoms. The molecule has 2 aromatic carbocycles. The van der Waals surface area contributed by atoms with Crippen LogP contribution < -0.4 is 9.62 Å². The molecule has 0 unspecified atom stereocenters. The van der Waals surface area contributed by atoms with Crippen molar-refractivity contribution < 1.29 is 18.0 Å². The summed E-state index contributed by atoms with van der Waals surface area (Å²) in [5.74, 6) is -0.402. The van der Waals surface area contributed by atoms with Crippen molar-refractivity contribution in [2.24, 2.45) is 0 Å². The smallest absolute Gasteiger partial charge is 0.242 e. The minimum absolute atomic E-state index is 0.101. The molecule has 1 aliphatic carbocycles. The largest absolute Gasteiger partial charge is 0.352 e. The highest BCUT2D eigenvalue weighted by Crippen LogP contribution is 2.22. The third-order valence-corrected chi connectivity index (χ3v) is 8.20. The van der Waals surface area contributed by atoms with Gasteiger partial charge in [0.15, 0.2) is 0 Å². The minimum atomic E-state index is -3.52. The first-order valence-electron chi connectivity index (χ1n) is 12.4. The van der Waals surface area contributed by atoms with Crippen molar-refractivity contribution in [3.8, 4) is 0 Å². The van der Waals surface area contributed by atoms with Crippen LogP contribution in [0.5, 0.6) is 0 Å². The van der Waals surface area contributed by atoms with Gasteiger partial charge in [0.05, 0.1) is 11.9 Å². The van der Waals surface area contributed by atoms with E-state index in [2.05, 4.69) is 5.32 Å². The lowest BCUT2D eigenvalue weighted by molar-refractivity contribution is -0.140. The van der Waals surface area contributed by atoms with E-state index in [0.29, 0.717) is 17.1 Å². The number of nitrogens with one attached hydrogen (secondary N) is 1. The summed E-state index contributed by atoms with van der Waals surface area (Å²) in [7, 11) is -3.52. The van der Waals surface area contributed by atoms with E-state index in [1.54, 1.807) is 30.0 Å². The Kier molecular flexibility index (Phi) is 9.79. The Bertz CT molecular complexity index is 1150. The SMILES string of the molecule is Cc1ccc(N(CCCC(=O)N(Cc2ccccc2Cl)[C@H](C)C(=O)NC2CCCC2)S(C)(=O)=O)cc1. The molecular formula is C27H36ClN3O4S. The van der Waals surface area contributed by atoms with E-state index in [1.807, 2.05) is 37.3 Å². The quantitative estimate of drug-likeness (QED) is 0.454. The van der Waals surface area contributed by atoms with E-state index in [-0.39, 0.29) is 37.4 Å². The number of hydrogen-bond donors (Lipinski definition) is 1. The highest BCUT2D eigenvalue weighted by molar-refractivity contribution is 7.92. The van der Waals surface area contributed by atoms with E-state index >= 15 is 0 Å². The van der Waals surface area contributed by atoms with Crippen molar-refractivity contribution in [1.82, 2.24) is 10.2 Å². The third-order valence-electron chi connectivity index (χ3n) is 6.64. The van der Waals surface area contributed by atoms with Gasteiger partial charge < -0.3 is 10.2 Å². The molecule has 0 aliphatic heterocycles. The fraction of sp³-hybridized carbons (Fsp3) is 0.481. The fourth-order valence-electron chi connectivity index (χ4n) is 4.50. The maximum atomic E-state index is 13.4. The van der Waals surface area contributed by atoms with Crippen LogP contribution in [0.15, 0.2) is 48.5 Å². The van der Waals surface area contributed by atoms with Gasteiger partial charge in [-0.3, -0.25) is 13.9 Å². The molecule has 2 amide bonds. The lowest BCUT2D eigenvalue weighted by Crippen LogP contribution is -2.49. The van der Waals surface area contributed by atoms with Gasteiger partial charge in [0.25, 0.3) is 0 Å². The molecule has 1 aliphatic rings. The van der Waals surface area contributed by atoms with Gasteiger partial charge in [0.1, 0.15) is 6.04 Å². The van der Waals surface area contributed by atoms with Crippen LogP contribution in [0, 0.1) is 6.92 Å². The topological polar surface area (TPSA) is 86.8 Å². The number of anilines is 1. The number of halogens is 1. The van der Waals surface area contributed by atoms with E-state index in [1.165, 1.54) is 4.31 Å². The van der Waals surface area contributed by atoms with Crippen LogP contribution in [0.4, 0.5) is 5.69 Å². The average Bonchev–Trinajstić information content (AvgIpc) is 3.34. The van der Waals surface area contributed by atoms with Crippen LogP contribution in [0.1, 0.15) is 56.6 Å². The summed E-state index contributed by atoms with van der Waals surface area (Å²) in [6.45, 7) is 4.03. The number of nitrogens with zero attached hydrogens (tertiary/aromatic N) is 2. The van der Waals surface area contributed by atoms with Crippen LogP contribution in [0.25, 0.3) is 0 Å². The number of carbonyl (C=O) groups is 2. The van der Waals surface area contributed by atoms with Crippen LogP contribution >= 0.6 is 11.6 Å². The monoisotopic (exact) mass is 533 g/mol. The van der Waals surface area contributed by atoms with Gasteiger partial charge in [-0.05, 0) is 56.9 Å². The van der Waals surface area contributed by atoms with Crippen molar-refractivity contribution in [1.29, 1.82) is 0 Å². The van der Waals surface area contributed by atoms with Crippen molar-refractivity contribution in [3.63, 3.8) is 0 Å². The maximum Gasteiger partial charge on any atom is 0.242 e. The number of aryl methyl sites for hydroxylation is 1. The summed E-state index contributed by atoms with van der Waals surface area (Å²) in [5.41, 5.74) is 2.35. The first-order valence-corrected chi connectivity index (χ1v) is 14.7. The molecule has 0 radical (unpaired) electrons. The van der Waals surface area contributed by atoms with Gasteiger partial charge in [-0.25, -0.2) is 8.42 Å². The van der Waals surface area contributed by atoms with Gasteiger partial charge in [-0.2, -0.15) is 0 Å². The molecule has 0 heterocycles. The Morgan fingerprint density at radius 3 is 2.33 bits per heavy atom. The second-order valence-electron chi connectivity index (χ2n) is 9.55. The summed E-state index contributed by atoms with van der Waals surface area (Å²) in [4.78, 5) is 28.0. The Balaban J connectivity index is 1.72. The highest BCUT2D eigenvalue weighted by Gasteiger charge is 2.29.